The van der Waals surface area contributed by atoms with Gasteiger partial charge >= 0.3 is 12.0 Å². The van der Waals surface area contributed by atoms with E-state index in [4.69, 9.17) is 14.6 Å². The minimum absolute atomic E-state index is 0.195. The van der Waals surface area contributed by atoms with Crippen LogP contribution in [0.4, 0.5) is 0 Å². The van der Waals surface area contributed by atoms with Gasteiger partial charge in [-0.2, -0.15) is 4.98 Å². The lowest BCUT2D eigenvalue weighted by molar-refractivity contribution is -0.138. The number of ether oxygens (including phenoxy) is 2. The fourth-order valence-electron chi connectivity index (χ4n) is 1.66. The molecule has 0 fully saturated rings. The molecule has 0 aliphatic heterocycles. The number of aromatic nitrogens is 3. The van der Waals surface area contributed by atoms with Gasteiger partial charge in [0.05, 0.1) is 13.7 Å². The van der Waals surface area contributed by atoms with Gasteiger partial charge in [-0.25, -0.2) is 4.68 Å². The summed E-state index contributed by atoms with van der Waals surface area (Å²) in [6, 6.07) is 7.37. The number of carboxylic acids is 1. The molecule has 0 unspecified atom stereocenters. The second kappa shape index (κ2) is 6.05. The van der Waals surface area contributed by atoms with Crippen molar-refractivity contribution in [3.63, 3.8) is 0 Å². The predicted molar refractivity (Wildman–Crippen MR) is 70.8 cm³/mol. The van der Waals surface area contributed by atoms with E-state index < -0.39 is 5.97 Å². The molecule has 0 spiro atoms. The van der Waals surface area contributed by atoms with Crippen LogP contribution in [0.5, 0.6) is 11.8 Å². The molecule has 0 saturated heterocycles. The Kier molecular flexibility index (Phi) is 4.19. The smallest absolute Gasteiger partial charge is 0.325 e. The Morgan fingerprint density at radius 3 is 2.60 bits per heavy atom. The zero-order valence-corrected chi connectivity index (χ0v) is 11.2. The van der Waals surface area contributed by atoms with E-state index in [0.717, 1.165) is 11.3 Å². The summed E-state index contributed by atoms with van der Waals surface area (Å²) in [5, 5.41) is 13.0. The SMILES string of the molecule is CCOc1nc(-c2ccc(OC)cc2)nn1CC(=O)O. The molecule has 0 atom stereocenters. The summed E-state index contributed by atoms with van der Waals surface area (Å²) < 4.78 is 11.6. The highest BCUT2D eigenvalue weighted by Crippen LogP contribution is 2.21. The Hall–Kier alpha value is -2.57. The van der Waals surface area contributed by atoms with Gasteiger partial charge in [-0.05, 0) is 31.2 Å². The van der Waals surface area contributed by atoms with Crippen LogP contribution in [0.2, 0.25) is 0 Å². The van der Waals surface area contributed by atoms with Crippen LogP contribution in [-0.2, 0) is 11.3 Å². The molecule has 20 heavy (non-hydrogen) atoms. The highest BCUT2D eigenvalue weighted by atomic mass is 16.5. The van der Waals surface area contributed by atoms with E-state index in [0.29, 0.717) is 12.4 Å². The van der Waals surface area contributed by atoms with Crippen LogP contribution >= 0.6 is 0 Å². The van der Waals surface area contributed by atoms with Gasteiger partial charge in [0.15, 0.2) is 5.82 Å². The summed E-state index contributed by atoms with van der Waals surface area (Å²) in [6.45, 7) is 1.89. The van der Waals surface area contributed by atoms with Gasteiger partial charge in [0, 0.05) is 5.56 Å². The summed E-state index contributed by atoms with van der Waals surface area (Å²) >= 11 is 0. The predicted octanol–water partition coefficient (Wildman–Crippen LogP) is 1.44. The minimum Gasteiger partial charge on any atom is -0.497 e. The lowest BCUT2D eigenvalue weighted by Crippen LogP contribution is -2.12. The fourth-order valence-corrected chi connectivity index (χ4v) is 1.66. The maximum absolute atomic E-state index is 10.8. The average molecular weight is 277 g/mol. The zero-order valence-electron chi connectivity index (χ0n) is 11.2. The Balaban J connectivity index is 2.33. The van der Waals surface area contributed by atoms with Crippen molar-refractivity contribution in [1.29, 1.82) is 0 Å². The molecule has 0 aliphatic rings. The van der Waals surface area contributed by atoms with Crippen molar-refractivity contribution >= 4 is 5.97 Å². The number of hydrogen-bond acceptors (Lipinski definition) is 5. The summed E-state index contributed by atoms with van der Waals surface area (Å²) in [5.74, 6) is 0.137. The topological polar surface area (TPSA) is 86.5 Å². The third-order valence-electron chi connectivity index (χ3n) is 2.54. The molecule has 1 heterocycles. The molecule has 7 heteroatoms. The molecular formula is C13H15N3O4. The van der Waals surface area contributed by atoms with Gasteiger partial charge in [0.2, 0.25) is 0 Å². The molecule has 0 saturated carbocycles. The molecular weight excluding hydrogens is 262 g/mol. The summed E-state index contributed by atoms with van der Waals surface area (Å²) in [7, 11) is 1.59. The highest BCUT2D eigenvalue weighted by Gasteiger charge is 2.14. The van der Waals surface area contributed by atoms with E-state index in [1.54, 1.807) is 38.3 Å². The van der Waals surface area contributed by atoms with Crippen molar-refractivity contribution in [1.82, 2.24) is 14.8 Å². The first-order chi connectivity index (χ1) is 9.63. The third-order valence-corrected chi connectivity index (χ3v) is 2.54. The van der Waals surface area contributed by atoms with E-state index in [2.05, 4.69) is 10.1 Å². The number of carbonyl (C=O) groups is 1. The zero-order chi connectivity index (χ0) is 14.5. The second-order valence-electron chi connectivity index (χ2n) is 3.93. The summed E-state index contributed by atoms with van der Waals surface area (Å²) in [5.41, 5.74) is 0.760. The lowest BCUT2D eigenvalue weighted by Gasteiger charge is -2.01. The molecule has 2 rings (SSSR count). The molecule has 0 aliphatic carbocycles. The van der Waals surface area contributed by atoms with Crippen molar-refractivity contribution in [3.8, 4) is 23.1 Å². The van der Waals surface area contributed by atoms with E-state index >= 15 is 0 Å². The number of rotatable bonds is 6. The van der Waals surface area contributed by atoms with Crippen LogP contribution in [0.25, 0.3) is 11.4 Å². The monoisotopic (exact) mass is 277 g/mol. The summed E-state index contributed by atoms with van der Waals surface area (Å²) in [6.07, 6.45) is 0. The van der Waals surface area contributed by atoms with Crippen LogP contribution in [0.1, 0.15) is 6.92 Å². The van der Waals surface area contributed by atoms with Crippen molar-refractivity contribution in [3.05, 3.63) is 24.3 Å². The van der Waals surface area contributed by atoms with Crippen LogP contribution < -0.4 is 9.47 Å². The first-order valence-corrected chi connectivity index (χ1v) is 6.08. The van der Waals surface area contributed by atoms with E-state index in [1.807, 2.05) is 0 Å². The van der Waals surface area contributed by atoms with E-state index in [-0.39, 0.29) is 12.6 Å². The molecule has 106 valence electrons. The Morgan fingerprint density at radius 1 is 1.35 bits per heavy atom. The van der Waals surface area contributed by atoms with Crippen molar-refractivity contribution in [2.75, 3.05) is 13.7 Å². The summed E-state index contributed by atoms with van der Waals surface area (Å²) in [4.78, 5) is 15.0. The maximum atomic E-state index is 10.8. The quantitative estimate of drug-likeness (QED) is 0.859. The molecule has 0 radical (unpaired) electrons. The minimum atomic E-state index is -1.00. The van der Waals surface area contributed by atoms with Crippen LogP contribution in [-0.4, -0.2) is 39.6 Å². The molecule has 2 aromatic rings. The van der Waals surface area contributed by atoms with E-state index in [1.165, 1.54) is 4.68 Å². The molecule has 1 aromatic carbocycles. The van der Waals surface area contributed by atoms with Gasteiger partial charge in [0.1, 0.15) is 12.3 Å². The Morgan fingerprint density at radius 2 is 2.05 bits per heavy atom. The van der Waals surface area contributed by atoms with Crippen molar-refractivity contribution < 1.29 is 19.4 Å². The lowest BCUT2D eigenvalue weighted by atomic mass is 10.2. The molecule has 0 bridgehead atoms. The largest absolute Gasteiger partial charge is 0.497 e. The van der Waals surface area contributed by atoms with Crippen LogP contribution in [0.15, 0.2) is 24.3 Å². The molecule has 7 nitrogen and oxygen atoms in total. The first kappa shape index (κ1) is 13.9. The molecule has 0 amide bonds. The Labute approximate surface area is 115 Å². The molecule has 1 aromatic heterocycles. The first-order valence-electron chi connectivity index (χ1n) is 6.08. The average Bonchev–Trinajstić information content (AvgIpc) is 2.82. The van der Waals surface area contributed by atoms with Crippen LogP contribution in [0, 0.1) is 0 Å². The number of benzene rings is 1. The number of nitrogens with zero attached hydrogens (tertiary/aromatic N) is 3. The van der Waals surface area contributed by atoms with Gasteiger partial charge in [-0.3, -0.25) is 4.79 Å². The number of aliphatic carboxylic acids is 1. The van der Waals surface area contributed by atoms with E-state index in [9.17, 15) is 4.79 Å². The van der Waals surface area contributed by atoms with Crippen molar-refractivity contribution in [2.24, 2.45) is 0 Å². The number of carboxylic acid groups (broad SMARTS) is 1. The van der Waals surface area contributed by atoms with Gasteiger partial charge in [0.25, 0.3) is 0 Å². The second-order valence-corrected chi connectivity index (χ2v) is 3.93. The Bertz CT molecular complexity index is 592. The molecule has 1 N–H and O–H groups in total. The van der Waals surface area contributed by atoms with Gasteiger partial charge in [-0.1, -0.05) is 0 Å². The van der Waals surface area contributed by atoms with Gasteiger partial charge in [-0.15, -0.1) is 5.10 Å². The van der Waals surface area contributed by atoms with Crippen LogP contribution in [0.3, 0.4) is 0 Å². The maximum Gasteiger partial charge on any atom is 0.325 e. The number of methoxy groups -OCH3 is 1. The van der Waals surface area contributed by atoms with Gasteiger partial charge < -0.3 is 14.6 Å². The fraction of sp³-hybridized carbons (Fsp3) is 0.308. The number of hydrogen-bond donors (Lipinski definition) is 1. The normalized spacial score (nSPS) is 10.3. The van der Waals surface area contributed by atoms with Crippen molar-refractivity contribution in [2.45, 2.75) is 13.5 Å². The standard InChI is InChI=1S/C13H15N3O4/c1-3-20-13-14-12(15-16(13)8-11(17)18)9-4-6-10(19-2)7-5-9/h4-7H,3,8H2,1-2H3,(H,17,18). The highest BCUT2D eigenvalue weighted by molar-refractivity contribution is 5.66. The third kappa shape index (κ3) is 3.05.